The van der Waals surface area contributed by atoms with E-state index in [4.69, 9.17) is 26.5 Å². The van der Waals surface area contributed by atoms with E-state index in [2.05, 4.69) is 15.9 Å². The minimum atomic E-state index is 0.330. The minimum Gasteiger partial charge on any atom is -0.484 e. The third-order valence-electron chi connectivity index (χ3n) is 2.18. The molecule has 17 heavy (non-hydrogen) atoms. The maximum atomic E-state index is 6.00. The monoisotopic (exact) mass is 315 g/mol. The van der Waals surface area contributed by atoms with Gasteiger partial charge in [-0.2, -0.15) is 0 Å². The molecule has 0 saturated heterocycles. The zero-order valence-corrected chi connectivity index (χ0v) is 11.3. The van der Waals surface area contributed by atoms with Crippen LogP contribution in [0.4, 0.5) is 0 Å². The van der Waals surface area contributed by atoms with Crippen molar-refractivity contribution in [1.29, 1.82) is 0 Å². The number of benzene rings is 1. The van der Waals surface area contributed by atoms with Crippen molar-refractivity contribution in [3.63, 3.8) is 0 Å². The average molecular weight is 317 g/mol. The van der Waals surface area contributed by atoms with Gasteiger partial charge in [0.1, 0.15) is 23.9 Å². The SMILES string of the molecule is NCc1ccc(COc2cc(Br)ccc2Cl)o1. The summed E-state index contributed by atoms with van der Waals surface area (Å²) in [6, 6.07) is 9.12. The first-order valence-corrected chi connectivity index (χ1v) is 6.21. The molecule has 0 saturated carbocycles. The van der Waals surface area contributed by atoms with Crippen LogP contribution in [0.5, 0.6) is 5.75 Å². The lowest BCUT2D eigenvalue weighted by molar-refractivity contribution is 0.266. The van der Waals surface area contributed by atoms with Gasteiger partial charge in [0.2, 0.25) is 0 Å². The molecule has 2 aromatic rings. The van der Waals surface area contributed by atoms with E-state index < -0.39 is 0 Å². The first-order valence-electron chi connectivity index (χ1n) is 5.04. The van der Waals surface area contributed by atoms with Crippen molar-refractivity contribution >= 4 is 27.5 Å². The third kappa shape index (κ3) is 3.25. The van der Waals surface area contributed by atoms with Gasteiger partial charge >= 0.3 is 0 Å². The molecule has 0 amide bonds. The highest BCUT2D eigenvalue weighted by Crippen LogP contribution is 2.28. The topological polar surface area (TPSA) is 48.4 Å². The standard InChI is InChI=1S/C12H11BrClNO2/c13-8-1-4-11(14)12(5-8)16-7-10-3-2-9(6-15)17-10/h1-5H,6-7,15H2. The van der Waals surface area contributed by atoms with Crippen molar-refractivity contribution in [3.05, 3.63) is 51.3 Å². The summed E-state index contributed by atoms with van der Waals surface area (Å²) in [7, 11) is 0. The number of hydrogen-bond donors (Lipinski definition) is 1. The molecule has 1 aromatic heterocycles. The lowest BCUT2D eigenvalue weighted by atomic mass is 10.3. The molecule has 90 valence electrons. The van der Waals surface area contributed by atoms with Crippen molar-refractivity contribution in [1.82, 2.24) is 0 Å². The Hall–Kier alpha value is -0.970. The average Bonchev–Trinajstić information content (AvgIpc) is 2.78. The lowest BCUT2D eigenvalue weighted by Gasteiger charge is -2.06. The quantitative estimate of drug-likeness (QED) is 0.935. The van der Waals surface area contributed by atoms with Crippen molar-refractivity contribution in [2.45, 2.75) is 13.2 Å². The molecule has 0 aliphatic carbocycles. The van der Waals surface area contributed by atoms with Crippen LogP contribution in [0.3, 0.4) is 0 Å². The van der Waals surface area contributed by atoms with Crippen molar-refractivity contribution in [2.24, 2.45) is 5.73 Å². The number of rotatable bonds is 4. The van der Waals surface area contributed by atoms with E-state index in [0.29, 0.717) is 23.9 Å². The Morgan fingerprint density at radius 2 is 2.00 bits per heavy atom. The predicted octanol–water partition coefficient (Wildman–Crippen LogP) is 3.73. The normalized spacial score (nSPS) is 10.5. The van der Waals surface area contributed by atoms with Crippen molar-refractivity contribution in [3.8, 4) is 5.75 Å². The molecular formula is C12H11BrClNO2. The molecule has 2 N–H and O–H groups in total. The fourth-order valence-electron chi connectivity index (χ4n) is 1.35. The van der Waals surface area contributed by atoms with Crippen LogP contribution in [-0.2, 0) is 13.2 Å². The van der Waals surface area contributed by atoms with Gasteiger partial charge in [0.25, 0.3) is 0 Å². The van der Waals surface area contributed by atoms with Crippen LogP contribution in [-0.4, -0.2) is 0 Å². The zero-order valence-electron chi connectivity index (χ0n) is 8.95. The van der Waals surface area contributed by atoms with Crippen LogP contribution >= 0.6 is 27.5 Å². The maximum Gasteiger partial charge on any atom is 0.146 e. The Morgan fingerprint density at radius 3 is 2.71 bits per heavy atom. The summed E-state index contributed by atoms with van der Waals surface area (Å²) in [5.41, 5.74) is 5.45. The largest absolute Gasteiger partial charge is 0.484 e. The van der Waals surface area contributed by atoms with Gasteiger partial charge < -0.3 is 14.9 Å². The van der Waals surface area contributed by atoms with Crippen LogP contribution in [0.25, 0.3) is 0 Å². The second kappa shape index (κ2) is 5.58. The summed E-state index contributed by atoms with van der Waals surface area (Å²) in [6.07, 6.45) is 0. The van der Waals surface area contributed by atoms with Gasteiger partial charge in [-0.3, -0.25) is 0 Å². The molecule has 0 aliphatic rings. The maximum absolute atomic E-state index is 6.00. The van der Waals surface area contributed by atoms with Gasteiger partial charge in [0.05, 0.1) is 11.6 Å². The van der Waals surface area contributed by atoms with Gasteiger partial charge in [-0.1, -0.05) is 27.5 Å². The van der Waals surface area contributed by atoms with E-state index in [9.17, 15) is 0 Å². The summed E-state index contributed by atoms with van der Waals surface area (Å²) in [4.78, 5) is 0. The molecule has 0 aliphatic heterocycles. The number of hydrogen-bond acceptors (Lipinski definition) is 3. The van der Waals surface area contributed by atoms with Gasteiger partial charge in [-0.25, -0.2) is 0 Å². The van der Waals surface area contributed by atoms with Crippen molar-refractivity contribution < 1.29 is 9.15 Å². The molecular weight excluding hydrogens is 305 g/mol. The smallest absolute Gasteiger partial charge is 0.146 e. The first-order chi connectivity index (χ1) is 8.19. The molecule has 1 heterocycles. The third-order valence-corrected chi connectivity index (χ3v) is 2.99. The molecule has 0 unspecified atom stereocenters. The van der Waals surface area contributed by atoms with E-state index in [0.717, 1.165) is 16.0 Å². The predicted molar refractivity (Wildman–Crippen MR) is 70.1 cm³/mol. The molecule has 3 nitrogen and oxygen atoms in total. The van der Waals surface area contributed by atoms with Crippen LogP contribution in [0.15, 0.2) is 39.2 Å². The highest BCUT2D eigenvalue weighted by molar-refractivity contribution is 9.10. The Balaban J connectivity index is 2.04. The van der Waals surface area contributed by atoms with Crippen LogP contribution < -0.4 is 10.5 Å². The minimum absolute atomic E-state index is 0.330. The molecule has 2 rings (SSSR count). The molecule has 0 radical (unpaired) electrons. The molecule has 0 spiro atoms. The summed E-state index contributed by atoms with van der Waals surface area (Å²) >= 11 is 9.36. The van der Waals surface area contributed by atoms with Gasteiger partial charge in [0.15, 0.2) is 0 Å². The fourth-order valence-corrected chi connectivity index (χ4v) is 1.86. The molecule has 0 atom stereocenters. The van der Waals surface area contributed by atoms with E-state index in [1.165, 1.54) is 0 Å². The summed E-state index contributed by atoms with van der Waals surface area (Å²) < 4.78 is 11.9. The van der Waals surface area contributed by atoms with E-state index in [-0.39, 0.29) is 0 Å². The van der Waals surface area contributed by atoms with Gasteiger partial charge in [-0.15, -0.1) is 0 Å². The highest BCUT2D eigenvalue weighted by atomic mass is 79.9. The molecule has 0 fully saturated rings. The van der Waals surface area contributed by atoms with Gasteiger partial charge in [-0.05, 0) is 30.3 Å². The second-order valence-electron chi connectivity index (χ2n) is 3.44. The Labute approximate surface area is 113 Å². The first kappa shape index (κ1) is 12.5. The Morgan fingerprint density at radius 1 is 1.24 bits per heavy atom. The lowest BCUT2D eigenvalue weighted by Crippen LogP contribution is -1.95. The van der Waals surface area contributed by atoms with Crippen LogP contribution in [0, 0.1) is 0 Å². The molecule has 5 heteroatoms. The van der Waals surface area contributed by atoms with E-state index >= 15 is 0 Å². The fraction of sp³-hybridized carbons (Fsp3) is 0.167. The Kier molecular flexibility index (Phi) is 4.10. The number of ether oxygens (including phenoxy) is 1. The zero-order chi connectivity index (χ0) is 12.3. The Bertz CT molecular complexity index is 513. The number of nitrogens with two attached hydrogens (primary N) is 1. The van der Waals surface area contributed by atoms with Crippen LogP contribution in [0.2, 0.25) is 5.02 Å². The number of halogens is 2. The second-order valence-corrected chi connectivity index (χ2v) is 4.76. The highest BCUT2D eigenvalue weighted by Gasteiger charge is 2.05. The summed E-state index contributed by atoms with van der Waals surface area (Å²) in [5, 5.41) is 0.568. The molecule has 0 bridgehead atoms. The van der Waals surface area contributed by atoms with Gasteiger partial charge in [0, 0.05) is 4.47 Å². The molecule has 1 aromatic carbocycles. The summed E-state index contributed by atoms with van der Waals surface area (Å²) in [5.74, 6) is 2.08. The van der Waals surface area contributed by atoms with E-state index in [1.54, 1.807) is 6.07 Å². The van der Waals surface area contributed by atoms with E-state index in [1.807, 2.05) is 24.3 Å². The summed E-state index contributed by atoms with van der Waals surface area (Å²) in [6.45, 7) is 0.716. The van der Waals surface area contributed by atoms with Crippen molar-refractivity contribution in [2.75, 3.05) is 0 Å². The van der Waals surface area contributed by atoms with Crippen LogP contribution in [0.1, 0.15) is 11.5 Å². The number of furan rings is 1.